The van der Waals surface area contributed by atoms with Gasteiger partial charge >= 0.3 is 15.5 Å². The highest BCUT2D eigenvalue weighted by atomic mass is 32.2. The van der Waals surface area contributed by atoms with Crippen LogP contribution < -0.4 is 15.2 Å². The Balaban J connectivity index is 2.55. The molecule has 0 aromatic carbocycles. The molecule has 6 nitrogen and oxygen atoms in total. The standard InChI is InChI=1S/C9H11F3N2O4S2/c1-5(14-20(16,17)9(10,11)12)3-18-7-2-6(4-19-7)8(13)15/h2,4-5,14H,3H2,1H3,(H2,13,15)/t5-/m0/s1. The summed E-state index contributed by atoms with van der Waals surface area (Å²) < 4.78 is 64.5. The average Bonchev–Trinajstić information content (AvgIpc) is 2.72. The predicted molar refractivity (Wildman–Crippen MR) is 65.9 cm³/mol. The minimum absolute atomic E-state index is 0.202. The van der Waals surface area contributed by atoms with Crippen molar-refractivity contribution in [3.8, 4) is 5.06 Å². The van der Waals surface area contributed by atoms with Crippen LogP contribution in [0.2, 0.25) is 0 Å². The highest BCUT2D eigenvalue weighted by molar-refractivity contribution is 7.90. The number of carbonyl (C=O) groups excluding carboxylic acids is 1. The maximum absolute atomic E-state index is 12.1. The fourth-order valence-electron chi connectivity index (χ4n) is 1.09. The Bertz CT molecular complexity index is 582. The summed E-state index contributed by atoms with van der Waals surface area (Å²) in [5.74, 6) is -0.665. The maximum Gasteiger partial charge on any atom is 0.511 e. The Hall–Kier alpha value is -1.33. The van der Waals surface area contributed by atoms with Crippen molar-refractivity contribution in [3.05, 3.63) is 17.0 Å². The van der Waals surface area contributed by atoms with Gasteiger partial charge in [-0.15, -0.1) is 11.3 Å². The van der Waals surface area contributed by atoms with Crippen LogP contribution in [0.1, 0.15) is 17.3 Å². The number of nitrogens with two attached hydrogens (primary N) is 1. The van der Waals surface area contributed by atoms with Gasteiger partial charge in [0.15, 0.2) is 5.06 Å². The van der Waals surface area contributed by atoms with Crippen molar-refractivity contribution in [1.29, 1.82) is 0 Å². The van der Waals surface area contributed by atoms with Crippen LogP contribution in [0.4, 0.5) is 13.2 Å². The minimum atomic E-state index is -5.41. The van der Waals surface area contributed by atoms with Crippen LogP contribution in [0.25, 0.3) is 0 Å². The van der Waals surface area contributed by atoms with Gasteiger partial charge in [0.1, 0.15) is 6.61 Å². The zero-order valence-electron chi connectivity index (χ0n) is 10.1. The minimum Gasteiger partial charge on any atom is -0.482 e. The van der Waals surface area contributed by atoms with E-state index in [0.717, 1.165) is 11.3 Å². The van der Waals surface area contributed by atoms with Gasteiger partial charge < -0.3 is 10.5 Å². The normalized spacial score (nSPS) is 14.0. The number of alkyl halides is 3. The van der Waals surface area contributed by atoms with Crippen LogP contribution in [-0.4, -0.2) is 32.5 Å². The van der Waals surface area contributed by atoms with E-state index in [-0.39, 0.29) is 17.2 Å². The van der Waals surface area contributed by atoms with E-state index < -0.39 is 27.5 Å². The van der Waals surface area contributed by atoms with Crippen LogP contribution >= 0.6 is 11.3 Å². The number of primary amides is 1. The van der Waals surface area contributed by atoms with Crippen molar-refractivity contribution in [1.82, 2.24) is 4.72 Å². The highest BCUT2D eigenvalue weighted by Crippen LogP contribution is 2.24. The SMILES string of the molecule is C[C@@H](COc1cc(C(N)=O)cs1)NS(=O)(=O)C(F)(F)F. The van der Waals surface area contributed by atoms with Gasteiger partial charge in [0.2, 0.25) is 5.91 Å². The fraction of sp³-hybridized carbons (Fsp3) is 0.444. The molecule has 1 heterocycles. The van der Waals surface area contributed by atoms with Gasteiger partial charge in [-0.3, -0.25) is 4.79 Å². The van der Waals surface area contributed by atoms with Crippen molar-refractivity contribution in [3.63, 3.8) is 0 Å². The summed E-state index contributed by atoms with van der Waals surface area (Å²) >= 11 is 1.02. The van der Waals surface area contributed by atoms with Crippen LogP contribution in [-0.2, 0) is 10.0 Å². The van der Waals surface area contributed by atoms with Gasteiger partial charge in [-0.25, -0.2) is 13.1 Å². The summed E-state index contributed by atoms with van der Waals surface area (Å²) in [4.78, 5) is 10.8. The number of amides is 1. The molecule has 0 unspecified atom stereocenters. The number of thiophene rings is 1. The number of ether oxygens (including phenoxy) is 1. The smallest absolute Gasteiger partial charge is 0.482 e. The first kappa shape index (κ1) is 16.7. The number of hydrogen-bond donors (Lipinski definition) is 2. The van der Waals surface area contributed by atoms with E-state index >= 15 is 0 Å². The molecule has 3 N–H and O–H groups in total. The summed E-state index contributed by atoms with van der Waals surface area (Å²) in [7, 11) is -5.41. The number of sulfonamides is 1. The first-order chi connectivity index (χ1) is 9.03. The molecule has 0 spiro atoms. The molecule has 1 amide bonds. The Morgan fingerprint density at radius 3 is 2.60 bits per heavy atom. The molecule has 20 heavy (non-hydrogen) atoms. The first-order valence-corrected chi connectivity index (χ1v) is 7.49. The number of rotatable bonds is 6. The van der Waals surface area contributed by atoms with E-state index in [0.29, 0.717) is 0 Å². The zero-order chi connectivity index (χ0) is 15.6. The maximum atomic E-state index is 12.1. The molecule has 11 heteroatoms. The molecule has 0 fully saturated rings. The Morgan fingerprint density at radius 2 is 2.15 bits per heavy atom. The summed E-state index contributed by atoms with van der Waals surface area (Å²) in [6, 6.07) is 0.221. The summed E-state index contributed by atoms with van der Waals surface area (Å²) in [5.41, 5.74) is -0.160. The lowest BCUT2D eigenvalue weighted by atomic mass is 10.3. The molecule has 0 aliphatic carbocycles. The van der Waals surface area contributed by atoms with Gasteiger partial charge in [-0.2, -0.15) is 13.2 Å². The number of carbonyl (C=O) groups is 1. The van der Waals surface area contributed by atoms with Gasteiger partial charge in [0.05, 0.1) is 11.6 Å². The van der Waals surface area contributed by atoms with E-state index in [1.165, 1.54) is 23.1 Å². The number of hydrogen-bond acceptors (Lipinski definition) is 5. The largest absolute Gasteiger partial charge is 0.511 e. The molecule has 114 valence electrons. The molecule has 0 saturated carbocycles. The lowest BCUT2D eigenvalue weighted by Crippen LogP contribution is -2.43. The third-order valence-electron chi connectivity index (χ3n) is 2.00. The van der Waals surface area contributed by atoms with Crippen LogP contribution in [0.5, 0.6) is 5.06 Å². The molecular formula is C9H11F3N2O4S2. The van der Waals surface area contributed by atoms with Gasteiger partial charge in [-0.05, 0) is 6.92 Å². The predicted octanol–water partition coefficient (Wildman–Crippen LogP) is 1.05. The van der Waals surface area contributed by atoms with E-state index in [2.05, 4.69) is 0 Å². The van der Waals surface area contributed by atoms with E-state index in [1.54, 1.807) is 0 Å². The number of nitrogens with one attached hydrogen (secondary N) is 1. The van der Waals surface area contributed by atoms with Gasteiger partial charge in [0, 0.05) is 11.4 Å². The topological polar surface area (TPSA) is 98.5 Å². The molecule has 1 rings (SSSR count). The van der Waals surface area contributed by atoms with Crippen LogP contribution in [0.3, 0.4) is 0 Å². The van der Waals surface area contributed by atoms with Gasteiger partial charge in [-0.1, -0.05) is 0 Å². The lowest BCUT2D eigenvalue weighted by Gasteiger charge is -2.15. The van der Waals surface area contributed by atoms with Gasteiger partial charge in [0.25, 0.3) is 0 Å². The van der Waals surface area contributed by atoms with Crippen molar-refractivity contribution >= 4 is 27.3 Å². The van der Waals surface area contributed by atoms with Crippen molar-refractivity contribution in [2.75, 3.05) is 6.61 Å². The van der Waals surface area contributed by atoms with Crippen molar-refractivity contribution in [2.24, 2.45) is 5.73 Å². The third kappa shape index (κ3) is 4.35. The molecule has 0 saturated heterocycles. The lowest BCUT2D eigenvalue weighted by molar-refractivity contribution is -0.0451. The summed E-state index contributed by atoms with van der Waals surface area (Å²) in [6.07, 6.45) is 0. The monoisotopic (exact) mass is 332 g/mol. The molecule has 0 aliphatic rings. The summed E-state index contributed by atoms with van der Waals surface area (Å²) in [6.45, 7) is 0.889. The fourth-order valence-corrected chi connectivity index (χ4v) is 2.58. The summed E-state index contributed by atoms with van der Waals surface area (Å²) in [5, 5.41) is 1.67. The van der Waals surface area contributed by atoms with Crippen LogP contribution in [0.15, 0.2) is 11.4 Å². The second-order valence-electron chi connectivity index (χ2n) is 3.80. The van der Waals surface area contributed by atoms with Crippen molar-refractivity contribution < 1.29 is 31.1 Å². The molecule has 1 aromatic rings. The average molecular weight is 332 g/mol. The second kappa shape index (κ2) is 5.97. The molecule has 1 atom stereocenters. The Morgan fingerprint density at radius 1 is 1.55 bits per heavy atom. The van der Waals surface area contributed by atoms with E-state index in [4.69, 9.17) is 10.5 Å². The van der Waals surface area contributed by atoms with Crippen LogP contribution in [0, 0.1) is 0 Å². The molecule has 0 radical (unpaired) electrons. The van der Waals surface area contributed by atoms with Crippen molar-refractivity contribution in [2.45, 2.75) is 18.5 Å². The zero-order valence-corrected chi connectivity index (χ0v) is 11.7. The third-order valence-corrected chi connectivity index (χ3v) is 4.16. The molecule has 1 aromatic heterocycles. The second-order valence-corrected chi connectivity index (χ2v) is 6.38. The molecular weight excluding hydrogens is 321 g/mol. The first-order valence-electron chi connectivity index (χ1n) is 5.12. The van der Waals surface area contributed by atoms with E-state index in [9.17, 15) is 26.4 Å². The molecule has 0 aliphatic heterocycles. The quantitative estimate of drug-likeness (QED) is 0.813. The number of halogens is 3. The van der Waals surface area contributed by atoms with E-state index in [1.807, 2.05) is 0 Å². The molecule has 0 bridgehead atoms. The Kier molecular flexibility index (Phi) is 5.00. The highest BCUT2D eigenvalue weighted by Gasteiger charge is 2.46. The Labute approximate surface area is 116 Å².